The second kappa shape index (κ2) is 3.24. The van der Waals surface area contributed by atoms with Gasteiger partial charge in [0.1, 0.15) is 6.04 Å². The van der Waals surface area contributed by atoms with Gasteiger partial charge in [-0.3, -0.25) is 10.1 Å². The molecule has 1 aromatic rings. The minimum absolute atomic E-state index is 0.00311. The maximum atomic E-state index is 10.7. The van der Waals surface area contributed by atoms with Crippen molar-refractivity contribution < 1.29 is 10.0 Å². The van der Waals surface area contributed by atoms with E-state index in [9.17, 15) is 20.1 Å². The van der Waals surface area contributed by atoms with E-state index in [0.717, 1.165) is 11.1 Å². The minimum atomic E-state index is -0.633. The number of nitrogens with zero attached hydrogens (tertiary/aromatic N) is 3. The van der Waals surface area contributed by atoms with Crippen LogP contribution in [-0.2, 0) is 0 Å². The van der Waals surface area contributed by atoms with E-state index in [0.29, 0.717) is 6.42 Å². The lowest BCUT2D eigenvalue weighted by Gasteiger charge is -2.16. The average molecular weight is 235 g/mol. The van der Waals surface area contributed by atoms with E-state index in [1.54, 1.807) is 6.07 Å². The van der Waals surface area contributed by atoms with Gasteiger partial charge in [0, 0.05) is 18.6 Å². The van der Waals surface area contributed by atoms with Crippen LogP contribution in [-0.4, -0.2) is 21.1 Å². The first-order valence-corrected chi connectivity index (χ1v) is 5.21. The van der Waals surface area contributed by atoms with Gasteiger partial charge in [0.05, 0.1) is 22.4 Å². The molecule has 1 fully saturated rings. The summed E-state index contributed by atoms with van der Waals surface area (Å²) in [7, 11) is 0. The van der Waals surface area contributed by atoms with Crippen molar-refractivity contribution in [3.63, 3.8) is 0 Å². The zero-order chi connectivity index (χ0) is 12.2. The maximum Gasteiger partial charge on any atom is 0.269 e. The summed E-state index contributed by atoms with van der Waals surface area (Å²) in [6.07, 6.45) is -0.239. The van der Waals surface area contributed by atoms with Crippen LogP contribution in [0.4, 0.5) is 5.69 Å². The summed E-state index contributed by atoms with van der Waals surface area (Å²) in [5.74, 6) is 0. The third-order valence-corrected chi connectivity index (χ3v) is 3.49. The molecular formula is C10H9N3O4. The van der Waals surface area contributed by atoms with E-state index < -0.39 is 17.1 Å². The number of fused-ring (bicyclic) bond motifs is 5. The van der Waals surface area contributed by atoms with Crippen LogP contribution in [0.1, 0.15) is 29.6 Å². The predicted molar refractivity (Wildman–Crippen MR) is 56.8 cm³/mol. The number of hydrogen-bond acceptors (Lipinski definition) is 5. The number of nitro benzene ring substituents is 1. The Morgan fingerprint density at radius 2 is 2.24 bits per heavy atom. The van der Waals surface area contributed by atoms with Gasteiger partial charge in [-0.1, -0.05) is 0 Å². The minimum Gasteiger partial charge on any atom is -0.390 e. The third-order valence-electron chi connectivity index (χ3n) is 3.49. The molecule has 3 atom stereocenters. The highest BCUT2D eigenvalue weighted by Crippen LogP contribution is 2.53. The molecule has 1 N–H and O–H groups in total. The predicted octanol–water partition coefficient (Wildman–Crippen LogP) is 1.44. The largest absolute Gasteiger partial charge is 0.390 e. The van der Waals surface area contributed by atoms with Gasteiger partial charge in [-0.25, -0.2) is 5.01 Å². The number of aliphatic hydroxyl groups excluding tert-OH is 1. The van der Waals surface area contributed by atoms with Gasteiger partial charge in [-0.05, 0) is 17.2 Å². The second-order valence-corrected chi connectivity index (χ2v) is 4.30. The molecular weight excluding hydrogens is 226 g/mol. The topological polar surface area (TPSA) is 96.0 Å². The van der Waals surface area contributed by atoms with Crippen molar-refractivity contribution in [2.75, 3.05) is 0 Å². The van der Waals surface area contributed by atoms with E-state index in [1.165, 1.54) is 17.1 Å². The summed E-state index contributed by atoms with van der Waals surface area (Å²) in [4.78, 5) is 20.9. The van der Waals surface area contributed by atoms with Crippen molar-refractivity contribution in [2.45, 2.75) is 24.6 Å². The molecule has 0 amide bonds. The normalized spacial score (nSPS) is 29.2. The summed E-state index contributed by atoms with van der Waals surface area (Å²) in [5, 5.41) is 24.6. The summed E-state index contributed by atoms with van der Waals surface area (Å²) < 4.78 is 0. The molecule has 2 aliphatic heterocycles. The Morgan fingerprint density at radius 3 is 2.88 bits per heavy atom. The fraction of sp³-hybridized carbons (Fsp3) is 0.400. The number of non-ortho nitro benzene ring substituents is 1. The molecule has 3 rings (SSSR count). The zero-order valence-electron chi connectivity index (χ0n) is 8.68. The van der Waals surface area contributed by atoms with Crippen molar-refractivity contribution in [3.8, 4) is 0 Å². The Hall–Kier alpha value is -2.02. The lowest BCUT2D eigenvalue weighted by molar-refractivity contribution is -0.384. The van der Waals surface area contributed by atoms with Crippen molar-refractivity contribution in [1.29, 1.82) is 0 Å². The summed E-state index contributed by atoms with van der Waals surface area (Å²) >= 11 is 0. The first kappa shape index (κ1) is 10.2. The van der Waals surface area contributed by atoms with Crippen LogP contribution in [0.2, 0.25) is 0 Å². The smallest absolute Gasteiger partial charge is 0.269 e. The molecule has 0 aliphatic carbocycles. The van der Waals surface area contributed by atoms with Crippen molar-refractivity contribution >= 4 is 5.69 Å². The van der Waals surface area contributed by atoms with E-state index in [1.807, 2.05) is 0 Å². The molecule has 1 saturated heterocycles. The zero-order valence-corrected chi connectivity index (χ0v) is 8.68. The van der Waals surface area contributed by atoms with Crippen molar-refractivity contribution in [3.05, 3.63) is 44.3 Å². The first-order valence-electron chi connectivity index (χ1n) is 5.21. The van der Waals surface area contributed by atoms with Gasteiger partial charge >= 0.3 is 0 Å². The van der Waals surface area contributed by atoms with Crippen LogP contribution in [0.25, 0.3) is 0 Å². The standard InChI is InChI=1S/C10H9N3O4/c14-9-4-8-7-3-5(13(16)17)1-2-6(7)10(9)12(8)11-15/h1-3,8-10,14H,4H2/t8-,9?,10-/m1/s1. The summed E-state index contributed by atoms with van der Waals surface area (Å²) in [6, 6.07) is 3.66. The van der Waals surface area contributed by atoms with Crippen LogP contribution < -0.4 is 0 Å². The number of nitro groups is 1. The molecule has 0 aromatic heterocycles. The Labute approximate surface area is 95.8 Å². The molecule has 1 aromatic carbocycles. The molecule has 7 heteroatoms. The van der Waals surface area contributed by atoms with Gasteiger partial charge in [0.15, 0.2) is 0 Å². The summed E-state index contributed by atoms with van der Waals surface area (Å²) in [5.41, 5.74) is 1.49. The van der Waals surface area contributed by atoms with Gasteiger partial charge in [-0.2, -0.15) is 0 Å². The van der Waals surface area contributed by atoms with Crippen molar-refractivity contribution in [1.82, 2.24) is 5.01 Å². The molecule has 0 saturated carbocycles. The lowest BCUT2D eigenvalue weighted by Crippen LogP contribution is -2.19. The Kier molecular flexibility index (Phi) is 1.93. The molecule has 0 spiro atoms. The Morgan fingerprint density at radius 1 is 1.47 bits per heavy atom. The number of hydrogen-bond donors (Lipinski definition) is 1. The number of benzene rings is 1. The van der Waals surface area contributed by atoms with Crippen LogP contribution in [0.15, 0.2) is 23.5 Å². The van der Waals surface area contributed by atoms with Gasteiger partial charge in [0.25, 0.3) is 5.69 Å². The highest BCUT2D eigenvalue weighted by molar-refractivity contribution is 5.48. The quantitative estimate of drug-likeness (QED) is 0.475. The number of nitroso groups, excluding NO2 is 1. The van der Waals surface area contributed by atoms with Gasteiger partial charge < -0.3 is 5.11 Å². The molecule has 88 valence electrons. The van der Waals surface area contributed by atoms with E-state index in [2.05, 4.69) is 5.29 Å². The third kappa shape index (κ3) is 1.19. The van der Waals surface area contributed by atoms with Crippen LogP contribution in [0.3, 0.4) is 0 Å². The monoisotopic (exact) mass is 235 g/mol. The molecule has 7 nitrogen and oxygen atoms in total. The SMILES string of the molecule is O=NN1[C@@H]2CC(O)[C@H]1c1ccc([N+](=O)[O-])cc12. The van der Waals surface area contributed by atoms with Crippen LogP contribution in [0.5, 0.6) is 0 Å². The average Bonchev–Trinajstić information content (AvgIpc) is 2.79. The van der Waals surface area contributed by atoms with Gasteiger partial charge in [0.2, 0.25) is 0 Å². The first-order chi connectivity index (χ1) is 8.13. The van der Waals surface area contributed by atoms with Crippen molar-refractivity contribution in [2.24, 2.45) is 5.29 Å². The van der Waals surface area contributed by atoms with Crippen LogP contribution >= 0.6 is 0 Å². The highest BCUT2D eigenvalue weighted by Gasteiger charge is 2.50. The maximum absolute atomic E-state index is 10.7. The molecule has 0 radical (unpaired) electrons. The number of rotatable bonds is 2. The highest BCUT2D eigenvalue weighted by atomic mass is 16.6. The lowest BCUT2D eigenvalue weighted by atomic mass is 9.89. The second-order valence-electron chi connectivity index (χ2n) is 4.30. The molecule has 1 unspecified atom stereocenters. The van der Waals surface area contributed by atoms with E-state index >= 15 is 0 Å². The Balaban J connectivity index is 2.12. The Bertz CT molecular complexity index is 518. The fourth-order valence-corrected chi connectivity index (χ4v) is 2.80. The molecule has 2 bridgehead atoms. The molecule has 17 heavy (non-hydrogen) atoms. The fourth-order valence-electron chi connectivity index (χ4n) is 2.80. The van der Waals surface area contributed by atoms with E-state index in [-0.39, 0.29) is 11.7 Å². The number of aliphatic hydroxyl groups is 1. The van der Waals surface area contributed by atoms with Crippen LogP contribution in [0, 0.1) is 15.0 Å². The molecule has 2 aliphatic rings. The van der Waals surface area contributed by atoms with Gasteiger partial charge in [-0.15, -0.1) is 4.91 Å². The summed E-state index contributed by atoms with van der Waals surface area (Å²) in [6.45, 7) is 0. The van der Waals surface area contributed by atoms with E-state index in [4.69, 9.17) is 0 Å². The molecule has 2 heterocycles.